The summed E-state index contributed by atoms with van der Waals surface area (Å²) in [6, 6.07) is 71.8. The lowest BCUT2D eigenvalue weighted by Gasteiger charge is -2.24. The maximum absolute atomic E-state index is 6.56. The monoisotopic (exact) mass is 762 g/mol. The minimum absolute atomic E-state index is 0.129. The van der Waals surface area contributed by atoms with Crippen LogP contribution < -0.4 is 0 Å². The quantitative estimate of drug-likeness (QED) is 0.129. The molecule has 0 unspecified atom stereocenters. The Balaban J connectivity index is 0.993. The van der Waals surface area contributed by atoms with Crippen LogP contribution in [0.15, 0.2) is 199 Å². The molecule has 0 saturated carbocycles. The molecule has 0 saturated heterocycles. The van der Waals surface area contributed by atoms with Gasteiger partial charge in [0, 0.05) is 16.2 Å². The van der Waals surface area contributed by atoms with Gasteiger partial charge in [-0.15, -0.1) is 0 Å². The van der Waals surface area contributed by atoms with Gasteiger partial charge in [0.25, 0.3) is 0 Å². The van der Waals surface area contributed by atoms with Crippen molar-refractivity contribution in [2.24, 2.45) is 0 Å². The molecule has 0 N–H and O–H groups in total. The summed E-state index contributed by atoms with van der Waals surface area (Å²) >= 11 is 0. The summed E-state index contributed by atoms with van der Waals surface area (Å²) in [5.74, 6) is 0. The van der Waals surface area contributed by atoms with Gasteiger partial charge in [-0.05, 0) is 146 Å². The lowest BCUT2D eigenvalue weighted by Crippen LogP contribution is -2.15. The molecule has 1 aliphatic carbocycles. The SMILES string of the molecule is CC1(C)c2ccc(-c3ccc4oc5ccc(-c6c7ccccc7c(-c7ccc8ccccc8c7)c7ccccc67)cc5c4c3)cc2-c2c1c1ccccc1c1ccccc21. The molecule has 0 atom stereocenters. The zero-order valence-corrected chi connectivity index (χ0v) is 33.4. The summed E-state index contributed by atoms with van der Waals surface area (Å²) in [5.41, 5.74) is 14.5. The van der Waals surface area contributed by atoms with Crippen molar-refractivity contribution >= 4 is 75.8 Å². The van der Waals surface area contributed by atoms with Crippen LogP contribution in [0.3, 0.4) is 0 Å². The molecule has 12 aromatic rings. The highest BCUT2D eigenvalue weighted by atomic mass is 16.3. The average molecular weight is 763 g/mol. The zero-order chi connectivity index (χ0) is 39.7. The van der Waals surface area contributed by atoms with Gasteiger partial charge in [-0.1, -0.05) is 172 Å². The van der Waals surface area contributed by atoms with Gasteiger partial charge in [-0.2, -0.15) is 0 Å². The minimum Gasteiger partial charge on any atom is -0.456 e. The van der Waals surface area contributed by atoms with Crippen LogP contribution >= 0.6 is 0 Å². The molecule has 1 heteroatoms. The highest BCUT2D eigenvalue weighted by Crippen LogP contribution is 2.55. The molecule has 1 heterocycles. The number of fused-ring (bicyclic) bond motifs is 14. The first kappa shape index (κ1) is 33.5. The number of rotatable bonds is 3. The summed E-state index contributed by atoms with van der Waals surface area (Å²) in [7, 11) is 0. The second kappa shape index (κ2) is 12.3. The highest BCUT2D eigenvalue weighted by Gasteiger charge is 2.38. The lowest BCUT2D eigenvalue weighted by atomic mass is 9.79. The second-order valence-electron chi connectivity index (χ2n) is 17.2. The van der Waals surface area contributed by atoms with Gasteiger partial charge >= 0.3 is 0 Å². The number of hydrogen-bond donors (Lipinski definition) is 0. The number of furan rings is 1. The van der Waals surface area contributed by atoms with Crippen LogP contribution in [-0.2, 0) is 5.41 Å². The zero-order valence-electron chi connectivity index (χ0n) is 33.4. The first-order valence-electron chi connectivity index (χ1n) is 21.0. The first-order valence-corrected chi connectivity index (χ1v) is 21.0. The lowest BCUT2D eigenvalue weighted by molar-refractivity contribution is 0.666. The number of hydrogen-bond acceptors (Lipinski definition) is 1. The largest absolute Gasteiger partial charge is 0.456 e. The summed E-state index contributed by atoms with van der Waals surface area (Å²) in [6.07, 6.45) is 0. The standard InChI is InChI=1S/C59H38O/c1-59(2)52-28-25-37(33-51(52)57-43-17-7-5-15-41(43)42-16-6-12-22-48(42)58(57)59)38-26-29-53-49(32-38)50-34-40(27-30-54(50)60-53)56-46-20-10-8-18-44(46)55(45-19-9-11-21-47(45)56)39-24-23-35-13-3-4-14-36(35)31-39/h3-34H,1-2H3. The highest BCUT2D eigenvalue weighted by molar-refractivity contribution is 6.23. The summed E-state index contributed by atoms with van der Waals surface area (Å²) in [5, 5.41) is 15.1. The van der Waals surface area contributed by atoms with Crippen molar-refractivity contribution in [2.75, 3.05) is 0 Å². The molecule has 0 fully saturated rings. The van der Waals surface area contributed by atoms with E-state index in [1.54, 1.807) is 0 Å². The summed E-state index contributed by atoms with van der Waals surface area (Å²) in [6.45, 7) is 4.78. The fraction of sp³-hybridized carbons (Fsp3) is 0.0508. The van der Waals surface area contributed by atoms with E-state index in [2.05, 4.69) is 208 Å². The first-order chi connectivity index (χ1) is 29.5. The van der Waals surface area contributed by atoms with Gasteiger partial charge in [0.2, 0.25) is 0 Å². The van der Waals surface area contributed by atoms with E-state index in [4.69, 9.17) is 4.42 Å². The van der Waals surface area contributed by atoms with Crippen molar-refractivity contribution in [3.05, 3.63) is 205 Å². The van der Waals surface area contributed by atoms with Gasteiger partial charge < -0.3 is 4.42 Å². The molecule has 13 rings (SSSR count). The van der Waals surface area contributed by atoms with Crippen LogP contribution in [0.4, 0.5) is 0 Å². The molecule has 1 nitrogen and oxygen atoms in total. The van der Waals surface area contributed by atoms with E-state index < -0.39 is 0 Å². The average Bonchev–Trinajstić information content (AvgIpc) is 3.78. The van der Waals surface area contributed by atoms with E-state index in [0.717, 1.165) is 21.9 Å². The molecular weight excluding hydrogens is 725 g/mol. The topological polar surface area (TPSA) is 13.1 Å². The van der Waals surface area contributed by atoms with E-state index in [1.807, 2.05) is 0 Å². The van der Waals surface area contributed by atoms with E-state index in [0.29, 0.717) is 0 Å². The third kappa shape index (κ3) is 4.63. The second-order valence-corrected chi connectivity index (χ2v) is 17.2. The predicted octanol–water partition coefficient (Wildman–Crippen LogP) is 16.7. The maximum Gasteiger partial charge on any atom is 0.135 e. The number of benzene rings is 11. The summed E-state index contributed by atoms with van der Waals surface area (Å²) in [4.78, 5) is 0. The molecule has 1 aliphatic rings. The van der Waals surface area contributed by atoms with Crippen LogP contribution in [0.5, 0.6) is 0 Å². The van der Waals surface area contributed by atoms with Gasteiger partial charge in [0.1, 0.15) is 11.2 Å². The third-order valence-electron chi connectivity index (χ3n) is 13.6. The fourth-order valence-corrected chi connectivity index (χ4v) is 10.9. The third-order valence-corrected chi connectivity index (χ3v) is 13.6. The molecule has 0 bridgehead atoms. The Hall–Kier alpha value is -7.48. The molecule has 280 valence electrons. The molecule has 1 aromatic heterocycles. The van der Waals surface area contributed by atoms with Gasteiger partial charge in [0.15, 0.2) is 0 Å². The molecule has 0 radical (unpaired) electrons. The van der Waals surface area contributed by atoms with E-state index in [-0.39, 0.29) is 5.41 Å². The van der Waals surface area contributed by atoms with E-state index in [1.165, 1.54) is 109 Å². The Kier molecular flexibility index (Phi) is 6.85. The van der Waals surface area contributed by atoms with Crippen LogP contribution in [0, 0.1) is 0 Å². The maximum atomic E-state index is 6.56. The van der Waals surface area contributed by atoms with Crippen molar-refractivity contribution in [2.45, 2.75) is 19.3 Å². The predicted molar refractivity (Wildman–Crippen MR) is 255 cm³/mol. The Bertz CT molecular complexity index is 3750. The van der Waals surface area contributed by atoms with Crippen molar-refractivity contribution in [3.8, 4) is 44.5 Å². The Labute approximate surface area is 347 Å². The van der Waals surface area contributed by atoms with Crippen molar-refractivity contribution in [1.29, 1.82) is 0 Å². The Morgan fingerprint density at radius 3 is 1.38 bits per heavy atom. The minimum atomic E-state index is -0.129. The molecule has 0 aliphatic heterocycles. The van der Waals surface area contributed by atoms with Crippen molar-refractivity contribution in [1.82, 2.24) is 0 Å². The molecule has 0 spiro atoms. The van der Waals surface area contributed by atoms with Gasteiger partial charge in [0.05, 0.1) is 0 Å². The molecule has 60 heavy (non-hydrogen) atoms. The molecular formula is C59H38O. The Morgan fingerprint density at radius 2 is 0.750 bits per heavy atom. The van der Waals surface area contributed by atoms with Gasteiger partial charge in [-0.25, -0.2) is 0 Å². The molecule has 0 amide bonds. The van der Waals surface area contributed by atoms with Gasteiger partial charge in [-0.3, -0.25) is 0 Å². The van der Waals surface area contributed by atoms with Crippen LogP contribution in [0.1, 0.15) is 25.0 Å². The van der Waals surface area contributed by atoms with Crippen LogP contribution in [0.25, 0.3) is 120 Å². The normalized spacial score (nSPS) is 13.3. The van der Waals surface area contributed by atoms with Crippen molar-refractivity contribution in [3.63, 3.8) is 0 Å². The van der Waals surface area contributed by atoms with Crippen LogP contribution in [-0.4, -0.2) is 0 Å². The smallest absolute Gasteiger partial charge is 0.135 e. The van der Waals surface area contributed by atoms with E-state index >= 15 is 0 Å². The fourth-order valence-electron chi connectivity index (χ4n) is 10.9. The molecule has 11 aromatic carbocycles. The summed E-state index contributed by atoms with van der Waals surface area (Å²) < 4.78 is 6.56. The van der Waals surface area contributed by atoms with Crippen LogP contribution in [0.2, 0.25) is 0 Å². The van der Waals surface area contributed by atoms with Crippen molar-refractivity contribution < 1.29 is 4.42 Å². The Morgan fingerprint density at radius 1 is 0.317 bits per heavy atom. The van der Waals surface area contributed by atoms with E-state index in [9.17, 15) is 0 Å².